The van der Waals surface area contributed by atoms with Crippen LogP contribution in [0.2, 0.25) is 0 Å². The molecule has 1 saturated heterocycles. The van der Waals surface area contributed by atoms with E-state index in [2.05, 4.69) is 4.98 Å². The number of carbonyl (C=O) groups is 1. The van der Waals surface area contributed by atoms with Crippen molar-refractivity contribution in [2.45, 2.75) is 49.6 Å². The van der Waals surface area contributed by atoms with Crippen LogP contribution in [0.1, 0.15) is 43.5 Å². The molecule has 4 rings (SSSR count). The summed E-state index contributed by atoms with van der Waals surface area (Å²) in [6.07, 6.45) is 3.31. The van der Waals surface area contributed by atoms with Gasteiger partial charge in [0.15, 0.2) is 5.78 Å². The van der Waals surface area contributed by atoms with Crippen molar-refractivity contribution in [2.75, 3.05) is 6.54 Å². The summed E-state index contributed by atoms with van der Waals surface area (Å²) in [4.78, 5) is 17.3. The Balaban J connectivity index is 1.39. The summed E-state index contributed by atoms with van der Waals surface area (Å²) in [5.41, 5.74) is 1.76. The van der Waals surface area contributed by atoms with Crippen molar-refractivity contribution in [3.8, 4) is 5.75 Å². The Hall–Kier alpha value is -3.10. The molecule has 8 heteroatoms. The lowest BCUT2D eigenvalue weighted by Crippen LogP contribution is -2.40. The number of aromatic nitrogens is 1. The highest BCUT2D eigenvalue weighted by Crippen LogP contribution is 2.28. The fraction of sp³-hybridized carbons (Fsp3) is 0.308. The monoisotopic (exact) mass is 482 g/mol. The molecule has 1 aliphatic rings. The van der Waals surface area contributed by atoms with Crippen molar-refractivity contribution >= 4 is 15.8 Å². The Morgan fingerprint density at radius 2 is 1.94 bits per heavy atom. The highest BCUT2D eigenvalue weighted by Gasteiger charge is 2.38. The number of pyridine rings is 1. The van der Waals surface area contributed by atoms with E-state index in [4.69, 9.17) is 4.74 Å². The van der Waals surface area contributed by atoms with Crippen LogP contribution in [0.4, 0.5) is 4.39 Å². The summed E-state index contributed by atoms with van der Waals surface area (Å²) in [5, 5.41) is 0. The second-order valence-corrected chi connectivity index (χ2v) is 10.2. The van der Waals surface area contributed by atoms with Crippen LogP contribution in [0.15, 0.2) is 77.8 Å². The lowest BCUT2D eigenvalue weighted by atomic mass is 10.0. The molecule has 0 spiro atoms. The van der Waals surface area contributed by atoms with Gasteiger partial charge in [0.2, 0.25) is 10.0 Å². The Bertz CT molecular complexity index is 1230. The SMILES string of the molecule is C[C@H](Oc1cccc(CCC(=O)[C@@H]2CCCN2S(=O)(=O)c2ccc(F)cc2)c1)c1ccccn1. The number of carbonyl (C=O) groups excluding carboxylic acids is 1. The van der Waals surface area contributed by atoms with E-state index in [9.17, 15) is 17.6 Å². The standard InChI is InChI=1S/C26H27FN2O4S/c1-19(24-8-2-3-16-28-24)33-22-7-4-6-20(18-22)10-15-26(30)25-9-5-17-29(25)34(31,32)23-13-11-21(27)12-14-23/h2-4,6-8,11-14,16,18-19,25H,5,9-10,15,17H2,1H3/t19-,25-/m0/s1. The Morgan fingerprint density at radius 3 is 2.68 bits per heavy atom. The number of rotatable bonds is 9. The van der Waals surface area contributed by atoms with E-state index >= 15 is 0 Å². The second-order valence-electron chi connectivity index (χ2n) is 8.36. The third-order valence-electron chi connectivity index (χ3n) is 5.97. The quantitative estimate of drug-likeness (QED) is 0.441. The second kappa shape index (κ2) is 10.4. The van der Waals surface area contributed by atoms with Crippen LogP contribution >= 0.6 is 0 Å². The molecule has 1 aromatic heterocycles. The minimum atomic E-state index is -3.86. The summed E-state index contributed by atoms with van der Waals surface area (Å²) >= 11 is 0. The summed E-state index contributed by atoms with van der Waals surface area (Å²) in [7, 11) is -3.86. The molecule has 1 fully saturated rings. The van der Waals surface area contributed by atoms with E-state index in [1.807, 2.05) is 49.4 Å². The molecule has 2 aromatic carbocycles. The molecule has 3 aromatic rings. The summed E-state index contributed by atoms with van der Waals surface area (Å²) in [6, 6.07) is 17.2. The fourth-order valence-corrected chi connectivity index (χ4v) is 5.86. The van der Waals surface area contributed by atoms with Gasteiger partial charge in [0.05, 0.1) is 16.6 Å². The highest BCUT2D eigenvalue weighted by molar-refractivity contribution is 7.89. The van der Waals surface area contributed by atoms with Gasteiger partial charge in [-0.25, -0.2) is 12.8 Å². The first-order chi connectivity index (χ1) is 16.3. The molecule has 6 nitrogen and oxygen atoms in total. The van der Waals surface area contributed by atoms with Crippen LogP contribution in [0, 0.1) is 5.82 Å². The zero-order chi connectivity index (χ0) is 24.1. The average molecular weight is 483 g/mol. The minimum Gasteiger partial charge on any atom is -0.484 e. The minimum absolute atomic E-state index is 0.000440. The van der Waals surface area contributed by atoms with Crippen molar-refractivity contribution < 1.29 is 22.3 Å². The molecule has 2 atom stereocenters. The van der Waals surface area contributed by atoms with Crippen LogP contribution in [0.5, 0.6) is 5.75 Å². The first-order valence-corrected chi connectivity index (χ1v) is 12.8. The molecule has 0 amide bonds. The van der Waals surface area contributed by atoms with Crippen LogP contribution in [0.3, 0.4) is 0 Å². The lowest BCUT2D eigenvalue weighted by molar-refractivity contribution is -0.122. The average Bonchev–Trinajstić information content (AvgIpc) is 3.35. The van der Waals surface area contributed by atoms with Crippen LogP contribution in [0.25, 0.3) is 0 Å². The predicted octanol–water partition coefficient (Wildman–Crippen LogP) is 4.72. The van der Waals surface area contributed by atoms with Gasteiger partial charge in [0.1, 0.15) is 17.7 Å². The van der Waals surface area contributed by atoms with E-state index in [1.165, 1.54) is 16.4 Å². The lowest BCUT2D eigenvalue weighted by Gasteiger charge is -2.23. The van der Waals surface area contributed by atoms with Crippen molar-refractivity contribution in [3.05, 3.63) is 90.0 Å². The smallest absolute Gasteiger partial charge is 0.243 e. The number of ketones is 1. The first kappa shape index (κ1) is 24.0. The Morgan fingerprint density at radius 1 is 1.15 bits per heavy atom. The number of benzene rings is 2. The highest BCUT2D eigenvalue weighted by atomic mass is 32.2. The largest absolute Gasteiger partial charge is 0.484 e. The third kappa shape index (κ3) is 5.51. The predicted molar refractivity (Wildman–Crippen MR) is 126 cm³/mol. The molecule has 2 heterocycles. The maximum Gasteiger partial charge on any atom is 0.243 e. The molecular weight excluding hydrogens is 455 g/mol. The van der Waals surface area contributed by atoms with Crippen molar-refractivity contribution in [1.82, 2.24) is 9.29 Å². The number of nitrogens with zero attached hydrogens (tertiary/aromatic N) is 2. The molecule has 0 saturated carbocycles. The maximum atomic E-state index is 13.2. The topological polar surface area (TPSA) is 76.6 Å². The Labute approximate surface area is 199 Å². The first-order valence-electron chi connectivity index (χ1n) is 11.3. The van der Waals surface area contributed by atoms with Gasteiger partial charge < -0.3 is 4.74 Å². The molecule has 0 N–H and O–H groups in total. The number of aryl methyl sites for hydroxylation is 1. The zero-order valence-electron chi connectivity index (χ0n) is 18.9. The van der Waals surface area contributed by atoms with Crippen molar-refractivity contribution in [3.63, 3.8) is 0 Å². The molecule has 34 heavy (non-hydrogen) atoms. The van der Waals surface area contributed by atoms with E-state index in [1.54, 1.807) is 6.20 Å². The van der Waals surface area contributed by atoms with Crippen LogP contribution < -0.4 is 4.74 Å². The van der Waals surface area contributed by atoms with E-state index in [0.717, 1.165) is 23.4 Å². The molecule has 178 valence electrons. The van der Waals surface area contributed by atoms with Gasteiger partial charge >= 0.3 is 0 Å². The number of Topliss-reactive ketones (excluding diaryl/α,β-unsaturated/α-hetero) is 1. The summed E-state index contributed by atoms with van der Waals surface area (Å²) in [6.45, 7) is 2.21. The number of hydrogen-bond donors (Lipinski definition) is 0. The Kier molecular flexibility index (Phi) is 7.38. The van der Waals surface area contributed by atoms with E-state index in [0.29, 0.717) is 25.0 Å². The van der Waals surface area contributed by atoms with Crippen LogP contribution in [-0.4, -0.2) is 36.1 Å². The van der Waals surface area contributed by atoms with E-state index in [-0.39, 0.29) is 29.7 Å². The maximum absolute atomic E-state index is 13.2. The van der Waals surface area contributed by atoms with E-state index < -0.39 is 21.9 Å². The fourth-order valence-electron chi connectivity index (χ4n) is 4.18. The molecule has 1 aliphatic heterocycles. The molecular formula is C26H27FN2O4S. The van der Waals surface area contributed by atoms with Gasteiger partial charge in [-0.05, 0) is 80.3 Å². The zero-order valence-corrected chi connectivity index (χ0v) is 19.7. The van der Waals surface area contributed by atoms with Gasteiger partial charge in [-0.3, -0.25) is 9.78 Å². The summed E-state index contributed by atoms with van der Waals surface area (Å²) in [5.74, 6) is 0.0643. The number of sulfonamides is 1. The number of ether oxygens (including phenoxy) is 1. The van der Waals surface area contributed by atoms with Crippen molar-refractivity contribution in [2.24, 2.45) is 0 Å². The molecule has 0 aliphatic carbocycles. The molecule has 0 radical (unpaired) electrons. The molecule has 0 unspecified atom stereocenters. The van der Waals surface area contributed by atoms with Crippen molar-refractivity contribution in [1.29, 1.82) is 0 Å². The van der Waals surface area contributed by atoms with Gasteiger partial charge in [-0.15, -0.1) is 0 Å². The van der Waals surface area contributed by atoms with Crippen LogP contribution in [-0.2, 0) is 21.2 Å². The van der Waals surface area contributed by atoms with Gasteiger partial charge in [-0.2, -0.15) is 4.31 Å². The van der Waals surface area contributed by atoms with Gasteiger partial charge in [0.25, 0.3) is 0 Å². The number of hydrogen-bond acceptors (Lipinski definition) is 5. The summed E-state index contributed by atoms with van der Waals surface area (Å²) < 4.78 is 46.6. The van der Waals surface area contributed by atoms with Gasteiger partial charge in [-0.1, -0.05) is 18.2 Å². The number of halogens is 1. The normalized spacial score (nSPS) is 17.4. The molecule has 0 bridgehead atoms. The third-order valence-corrected chi connectivity index (χ3v) is 7.89. The van der Waals surface area contributed by atoms with Gasteiger partial charge in [0, 0.05) is 19.2 Å².